The first-order chi connectivity index (χ1) is 30.1. The molecule has 346 valence electrons. The van der Waals surface area contributed by atoms with Gasteiger partial charge in [0.25, 0.3) is 0 Å². The molecule has 63 heavy (non-hydrogen) atoms. The Balaban J connectivity index is 1.35. The van der Waals surface area contributed by atoms with Gasteiger partial charge in [0.1, 0.15) is 34.0 Å². The number of primary amides is 1. The number of Topliss-reactive ketones (excluding diaryl/α,β-unsaturated/α-hetero) is 2. The highest BCUT2D eigenvalue weighted by Crippen LogP contribution is 2.38. The number of carboxylic acid groups (broad SMARTS) is 1. The lowest BCUT2D eigenvalue weighted by Gasteiger charge is -2.20. The Bertz CT molecular complexity index is 1940. The molecule has 1 aliphatic carbocycles. The number of amides is 5. The second-order valence-electron chi connectivity index (χ2n) is 15.9. The van der Waals surface area contributed by atoms with Crippen molar-refractivity contribution in [3.05, 3.63) is 42.6 Å². The van der Waals surface area contributed by atoms with Gasteiger partial charge >= 0.3 is 5.97 Å². The monoisotopic (exact) mass is 916 g/mol. The molecule has 0 aromatic carbocycles. The van der Waals surface area contributed by atoms with Gasteiger partial charge in [-0.1, -0.05) is 76.2 Å². The van der Waals surface area contributed by atoms with E-state index in [0.717, 1.165) is 41.9 Å². The first kappa shape index (κ1) is 52.0. The Kier molecular flexibility index (Phi) is 22.3. The third-order valence-electron chi connectivity index (χ3n) is 10.4. The van der Waals surface area contributed by atoms with Crippen LogP contribution in [0.25, 0.3) is 10.4 Å². The zero-order valence-corrected chi connectivity index (χ0v) is 37.5. The molecule has 0 aliphatic heterocycles. The molecule has 0 bridgehead atoms. The third kappa shape index (κ3) is 18.9. The van der Waals surface area contributed by atoms with Crippen LogP contribution >= 0.6 is 22.7 Å². The number of rotatable bonds is 33. The van der Waals surface area contributed by atoms with Gasteiger partial charge < -0.3 is 37.2 Å². The predicted octanol–water partition coefficient (Wildman–Crippen LogP) is 4.91. The second-order valence-corrected chi connectivity index (χ2v) is 17.7. The van der Waals surface area contributed by atoms with Gasteiger partial charge in [-0.15, -0.1) is 22.7 Å². The van der Waals surface area contributed by atoms with Crippen molar-refractivity contribution in [2.24, 2.45) is 10.8 Å². The van der Waals surface area contributed by atoms with Crippen LogP contribution in [0, 0.1) is 0 Å². The summed E-state index contributed by atoms with van der Waals surface area (Å²) in [6.45, 7) is 3.74. The normalized spacial score (nSPS) is 14.5. The van der Waals surface area contributed by atoms with Crippen molar-refractivity contribution >= 4 is 69.7 Å². The molecule has 20 nitrogen and oxygen atoms in total. The van der Waals surface area contributed by atoms with Gasteiger partial charge in [-0.3, -0.25) is 33.6 Å². The Hall–Kier alpha value is -5.31. The lowest BCUT2D eigenvalue weighted by molar-refractivity contribution is -0.135. The van der Waals surface area contributed by atoms with Crippen LogP contribution in [-0.4, -0.2) is 84.9 Å². The van der Waals surface area contributed by atoms with Crippen LogP contribution in [0.5, 0.6) is 0 Å². The number of nitrogens with two attached hydrogens (primary N) is 1. The lowest BCUT2D eigenvalue weighted by atomic mass is 10.0. The number of aliphatic hydroxyl groups excluding tert-OH is 1. The largest absolute Gasteiger partial charge is 0.476 e. The zero-order valence-electron chi connectivity index (χ0n) is 35.9. The highest BCUT2D eigenvalue weighted by molar-refractivity contribution is 7.10. The number of carboxylic acids is 1. The molecule has 8 N–H and O–H groups in total. The lowest BCUT2D eigenvalue weighted by Crippen LogP contribution is -2.50. The van der Waals surface area contributed by atoms with E-state index >= 15 is 0 Å². The number of hydrogen-bond donors (Lipinski definition) is 7. The number of hydrogen-bond acceptors (Lipinski definition) is 14. The number of nitrogens with zero attached hydrogens (tertiary/aromatic N) is 5. The van der Waals surface area contributed by atoms with E-state index < -0.39 is 90.2 Å². The predicted molar refractivity (Wildman–Crippen MR) is 233 cm³/mol. The van der Waals surface area contributed by atoms with E-state index in [0.29, 0.717) is 11.4 Å². The minimum atomic E-state index is -1.47. The number of aromatic carboxylic acids is 1. The fourth-order valence-electron chi connectivity index (χ4n) is 6.68. The fourth-order valence-corrected chi connectivity index (χ4v) is 8.29. The molecule has 1 saturated carbocycles. The number of thiazole rings is 2. The van der Waals surface area contributed by atoms with Crippen LogP contribution in [0.1, 0.15) is 174 Å². The number of azide groups is 1. The highest BCUT2D eigenvalue weighted by Gasteiger charge is 2.51. The maximum absolute atomic E-state index is 13.0. The fraction of sp³-hybridized carbons (Fsp3) is 0.659. The summed E-state index contributed by atoms with van der Waals surface area (Å²) in [7, 11) is 0. The molecule has 1 aliphatic rings. The molecule has 0 saturated heterocycles. The van der Waals surface area contributed by atoms with Gasteiger partial charge in [0.15, 0.2) is 11.5 Å². The second kappa shape index (κ2) is 27.0. The van der Waals surface area contributed by atoms with E-state index in [1.54, 1.807) is 6.92 Å². The van der Waals surface area contributed by atoms with Gasteiger partial charge in [0, 0.05) is 34.6 Å². The third-order valence-corrected chi connectivity index (χ3v) is 12.2. The Morgan fingerprint density at radius 1 is 0.873 bits per heavy atom. The van der Waals surface area contributed by atoms with Crippen LogP contribution in [0.4, 0.5) is 0 Å². The number of ketones is 2. The van der Waals surface area contributed by atoms with Crippen LogP contribution in [0.2, 0.25) is 0 Å². The SMILES string of the molecule is CCCCCCCCCCCCCC(=O)N[C@H](CC(N)=O)C(=O)N[C@@H](C)CCC(=O)CC(=O)NC1(C(=O)CC(=O)NCc2nc(C(O)C(N=[N+]=[N-])c3nc(C(=O)O)cs3)cs2)CC1. The molecule has 1 fully saturated rings. The number of aliphatic hydroxyl groups is 1. The van der Waals surface area contributed by atoms with Crippen molar-refractivity contribution in [1.82, 2.24) is 31.2 Å². The number of carbonyl (C=O) groups is 8. The topological polar surface area (TPSA) is 326 Å². The van der Waals surface area contributed by atoms with Gasteiger partial charge in [-0.25, -0.2) is 14.8 Å². The zero-order chi connectivity index (χ0) is 46.4. The summed E-state index contributed by atoms with van der Waals surface area (Å²) < 4.78 is 0. The molecule has 0 radical (unpaired) electrons. The average molecular weight is 917 g/mol. The summed E-state index contributed by atoms with van der Waals surface area (Å²) in [5.74, 6) is -5.34. The molecular weight excluding hydrogens is 857 g/mol. The number of unbranched alkanes of at least 4 members (excludes halogenated alkanes) is 10. The van der Waals surface area contributed by atoms with Crippen LogP contribution in [0.15, 0.2) is 15.9 Å². The van der Waals surface area contributed by atoms with E-state index in [-0.39, 0.29) is 61.0 Å². The van der Waals surface area contributed by atoms with E-state index in [2.05, 4.69) is 48.2 Å². The smallest absolute Gasteiger partial charge is 0.355 e. The minimum absolute atomic E-state index is 0.0703. The van der Waals surface area contributed by atoms with Crippen molar-refractivity contribution in [1.29, 1.82) is 0 Å². The van der Waals surface area contributed by atoms with Crippen molar-refractivity contribution in [3.8, 4) is 0 Å². The maximum Gasteiger partial charge on any atom is 0.355 e. The highest BCUT2D eigenvalue weighted by atomic mass is 32.1. The molecule has 0 spiro atoms. The maximum atomic E-state index is 13.0. The van der Waals surface area contributed by atoms with Gasteiger partial charge in [-0.05, 0) is 38.1 Å². The average Bonchev–Trinajstić information content (AvgIpc) is 3.59. The van der Waals surface area contributed by atoms with E-state index in [9.17, 15) is 43.5 Å². The first-order valence-electron chi connectivity index (χ1n) is 21.4. The van der Waals surface area contributed by atoms with E-state index in [1.165, 1.54) is 55.7 Å². The summed E-state index contributed by atoms with van der Waals surface area (Å²) >= 11 is 1.97. The summed E-state index contributed by atoms with van der Waals surface area (Å²) in [5.41, 5.74) is 12.9. The summed E-state index contributed by atoms with van der Waals surface area (Å²) in [4.78, 5) is 110. The Morgan fingerprint density at radius 3 is 2.11 bits per heavy atom. The van der Waals surface area contributed by atoms with Crippen molar-refractivity contribution in [2.75, 3.05) is 0 Å². The minimum Gasteiger partial charge on any atom is -0.476 e. The molecule has 2 aromatic heterocycles. The van der Waals surface area contributed by atoms with Gasteiger partial charge in [-0.2, -0.15) is 0 Å². The van der Waals surface area contributed by atoms with E-state index in [1.807, 2.05) is 0 Å². The number of aromatic nitrogens is 2. The van der Waals surface area contributed by atoms with Crippen LogP contribution in [0.3, 0.4) is 0 Å². The molecule has 22 heteroatoms. The number of nitrogens with one attached hydrogen (secondary N) is 4. The molecule has 5 amide bonds. The quantitative estimate of drug-likeness (QED) is 0.0165. The van der Waals surface area contributed by atoms with E-state index in [4.69, 9.17) is 16.4 Å². The summed E-state index contributed by atoms with van der Waals surface area (Å²) in [5, 5.41) is 37.1. The summed E-state index contributed by atoms with van der Waals surface area (Å²) in [6, 6.07) is -2.97. The summed E-state index contributed by atoms with van der Waals surface area (Å²) in [6.07, 6.45) is 10.4. The van der Waals surface area contributed by atoms with Gasteiger partial charge in [0.2, 0.25) is 29.5 Å². The molecule has 4 atom stereocenters. The molecule has 2 aromatic rings. The Labute approximate surface area is 374 Å². The molecular formula is C41H60N10O10S2. The van der Waals surface area contributed by atoms with Crippen molar-refractivity contribution in [2.45, 2.75) is 172 Å². The van der Waals surface area contributed by atoms with Crippen LogP contribution < -0.4 is 27.0 Å². The van der Waals surface area contributed by atoms with Crippen molar-refractivity contribution in [3.63, 3.8) is 0 Å². The number of carbonyl (C=O) groups excluding carboxylic acids is 7. The molecule has 2 heterocycles. The molecule has 2 unspecified atom stereocenters. The van der Waals surface area contributed by atoms with Crippen molar-refractivity contribution < 1.29 is 48.6 Å². The molecule has 3 rings (SSSR count). The standard InChI is InChI=1S/C41H60N10O10S2/c1-3-4-5-6-7-8-9-10-11-12-13-14-32(55)46-27(20-31(42)54)38(59)45-25(2)15-16-26(52)19-34(57)49-41(17-18-41)30(53)21-33(56)44-22-35-47-28(23-62-35)37(58)36(50-51-43)39-48-29(24-63-39)40(60)61/h23-25,27,36-37,58H,3-22H2,1-2H3,(H2,42,54)(H,44,56)(H,45,59)(H,46,55)(H,49,57)(H,60,61)/t25-,27+,36?,37?/m0/s1. The van der Waals surface area contributed by atoms with Gasteiger partial charge in [0.05, 0.1) is 37.0 Å². The van der Waals surface area contributed by atoms with Crippen LogP contribution in [-0.2, 0) is 40.1 Å². The first-order valence-corrected chi connectivity index (χ1v) is 23.2. The Morgan fingerprint density at radius 2 is 1.52 bits per heavy atom.